The van der Waals surface area contributed by atoms with E-state index in [1.807, 2.05) is 18.2 Å². The SMILES string of the molecule is COc1cccc(Cn2cc(NC(=O)/C=C/c3ccoc3)cn2)c1OC. The van der Waals surface area contributed by atoms with E-state index in [1.54, 1.807) is 56.0 Å². The number of para-hydroxylation sites is 1. The molecular weight excluding hydrogens is 334 g/mol. The number of methoxy groups -OCH3 is 2. The van der Waals surface area contributed by atoms with Crippen LogP contribution in [-0.2, 0) is 11.3 Å². The Morgan fingerprint density at radius 2 is 2.19 bits per heavy atom. The molecule has 0 bridgehead atoms. The molecule has 0 spiro atoms. The lowest BCUT2D eigenvalue weighted by molar-refractivity contribution is -0.111. The Labute approximate surface area is 150 Å². The monoisotopic (exact) mass is 353 g/mol. The van der Waals surface area contributed by atoms with E-state index in [9.17, 15) is 4.79 Å². The number of carbonyl (C=O) groups is 1. The Morgan fingerprint density at radius 1 is 1.31 bits per heavy atom. The van der Waals surface area contributed by atoms with Gasteiger partial charge in [0.1, 0.15) is 0 Å². The van der Waals surface area contributed by atoms with Crippen molar-refractivity contribution in [3.05, 3.63) is 66.4 Å². The maximum atomic E-state index is 12.0. The van der Waals surface area contributed by atoms with Gasteiger partial charge in [0.15, 0.2) is 11.5 Å². The molecule has 7 nitrogen and oxygen atoms in total. The first-order chi connectivity index (χ1) is 12.7. The highest BCUT2D eigenvalue weighted by Gasteiger charge is 2.11. The molecule has 1 aromatic carbocycles. The minimum Gasteiger partial charge on any atom is -0.493 e. The lowest BCUT2D eigenvalue weighted by Crippen LogP contribution is -2.07. The molecule has 3 aromatic rings. The van der Waals surface area contributed by atoms with E-state index in [-0.39, 0.29) is 5.91 Å². The summed E-state index contributed by atoms with van der Waals surface area (Å²) in [7, 11) is 3.20. The van der Waals surface area contributed by atoms with Gasteiger partial charge in [-0.05, 0) is 18.2 Å². The third-order valence-corrected chi connectivity index (χ3v) is 3.69. The molecule has 0 aliphatic heterocycles. The van der Waals surface area contributed by atoms with Crippen LogP contribution in [0.4, 0.5) is 5.69 Å². The van der Waals surface area contributed by atoms with Gasteiger partial charge in [0.2, 0.25) is 5.91 Å². The number of ether oxygens (including phenoxy) is 2. The smallest absolute Gasteiger partial charge is 0.248 e. The van der Waals surface area contributed by atoms with E-state index in [2.05, 4.69) is 10.4 Å². The number of rotatable bonds is 7. The molecule has 0 atom stereocenters. The Balaban J connectivity index is 1.66. The maximum Gasteiger partial charge on any atom is 0.248 e. The largest absolute Gasteiger partial charge is 0.493 e. The zero-order valence-corrected chi connectivity index (χ0v) is 14.5. The number of aromatic nitrogens is 2. The normalized spacial score (nSPS) is 10.8. The molecule has 0 aliphatic rings. The van der Waals surface area contributed by atoms with Crippen LogP contribution < -0.4 is 14.8 Å². The molecule has 0 saturated carbocycles. The van der Waals surface area contributed by atoms with Crippen molar-refractivity contribution in [3.8, 4) is 11.5 Å². The lowest BCUT2D eigenvalue weighted by atomic mass is 10.2. The summed E-state index contributed by atoms with van der Waals surface area (Å²) < 4.78 is 17.4. The van der Waals surface area contributed by atoms with Crippen LogP contribution in [-0.4, -0.2) is 29.9 Å². The number of anilines is 1. The van der Waals surface area contributed by atoms with Crippen LogP contribution in [0.1, 0.15) is 11.1 Å². The molecular formula is C19H19N3O4. The highest BCUT2D eigenvalue weighted by atomic mass is 16.5. The van der Waals surface area contributed by atoms with E-state index in [4.69, 9.17) is 13.9 Å². The van der Waals surface area contributed by atoms with Crippen LogP contribution in [0.15, 0.2) is 59.7 Å². The van der Waals surface area contributed by atoms with Crippen molar-refractivity contribution >= 4 is 17.7 Å². The molecule has 7 heteroatoms. The average molecular weight is 353 g/mol. The Hall–Kier alpha value is -3.48. The number of nitrogens with zero attached hydrogens (tertiary/aromatic N) is 2. The summed E-state index contributed by atoms with van der Waals surface area (Å²) in [5, 5.41) is 7.04. The number of benzene rings is 1. The number of amides is 1. The van der Waals surface area contributed by atoms with Crippen LogP contribution in [0.2, 0.25) is 0 Å². The first-order valence-corrected chi connectivity index (χ1v) is 7.93. The Morgan fingerprint density at radius 3 is 2.92 bits per heavy atom. The summed E-state index contributed by atoms with van der Waals surface area (Å²) in [5.41, 5.74) is 2.35. The summed E-state index contributed by atoms with van der Waals surface area (Å²) >= 11 is 0. The fraction of sp³-hybridized carbons (Fsp3) is 0.158. The number of nitrogens with one attached hydrogen (secondary N) is 1. The molecule has 26 heavy (non-hydrogen) atoms. The second-order valence-corrected chi connectivity index (χ2v) is 5.46. The van der Waals surface area contributed by atoms with Gasteiger partial charge in [0.25, 0.3) is 0 Å². The molecule has 0 fully saturated rings. The van der Waals surface area contributed by atoms with Gasteiger partial charge in [-0.15, -0.1) is 0 Å². The third-order valence-electron chi connectivity index (χ3n) is 3.69. The zero-order valence-electron chi connectivity index (χ0n) is 14.5. The average Bonchev–Trinajstić information content (AvgIpc) is 3.32. The summed E-state index contributed by atoms with van der Waals surface area (Å²) in [5.74, 6) is 1.08. The van der Waals surface area contributed by atoms with Crippen molar-refractivity contribution in [2.75, 3.05) is 19.5 Å². The highest BCUT2D eigenvalue weighted by Crippen LogP contribution is 2.31. The highest BCUT2D eigenvalue weighted by molar-refractivity contribution is 6.01. The predicted molar refractivity (Wildman–Crippen MR) is 97.2 cm³/mol. The second-order valence-electron chi connectivity index (χ2n) is 5.46. The molecule has 0 saturated heterocycles. The van der Waals surface area contributed by atoms with Gasteiger partial charge in [-0.25, -0.2) is 0 Å². The van der Waals surface area contributed by atoms with Crippen molar-refractivity contribution in [3.63, 3.8) is 0 Å². The van der Waals surface area contributed by atoms with Gasteiger partial charge >= 0.3 is 0 Å². The molecule has 3 rings (SSSR count). The summed E-state index contributed by atoms with van der Waals surface area (Å²) in [6, 6.07) is 7.44. The minimum atomic E-state index is -0.246. The van der Waals surface area contributed by atoms with Crippen LogP contribution in [0, 0.1) is 0 Å². The summed E-state index contributed by atoms with van der Waals surface area (Å²) in [6.07, 6.45) is 9.56. The maximum absolute atomic E-state index is 12.0. The van der Waals surface area contributed by atoms with E-state index < -0.39 is 0 Å². The molecule has 134 valence electrons. The van der Waals surface area contributed by atoms with E-state index in [0.29, 0.717) is 23.7 Å². The fourth-order valence-electron chi connectivity index (χ4n) is 2.49. The standard InChI is InChI=1S/C19H19N3O4/c1-24-17-5-3-4-15(19(17)25-2)11-22-12-16(10-20-22)21-18(23)7-6-14-8-9-26-13-14/h3-10,12-13H,11H2,1-2H3,(H,21,23)/b7-6+. The zero-order chi connectivity index (χ0) is 18.4. The number of hydrogen-bond acceptors (Lipinski definition) is 5. The molecule has 2 heterocycles. The number of hydrogen-bond donors (Lipinski definition) is 1. The topological polar surface area (TPSA) is 78.5 Å². The van der Waals surface area contributed by atoms with E-state index in [0.717, 1.165) is 11.1 Å². The van der Waals surface area contributed by atoms with Crippen molar-refractivity contribution in [2.45, 2.75) is 6.54 Å². The van der Waals surface area contributed by atoms with Crippen molar-refractivity contribution < 1.29 is 18.7 Å². The van der Waals surface area contributed by atoms with Gasteiger partial charge in [0, 0.05) is 23.4 Å². The van der Waals surface area contributed by atoms with E-state index >= 15 is 0 Å². The number of carbonyl (C=O) groups excluding carboxylic acids is 1. The Bertz CT molecular complexity index is 897. The van der Waals surface area contributed by atoms with Gasteiger partial charge in [-0.1, -0.05) is 12.1 Å². The van der Waals surface area contributed by atoms with Crippen molar-refractivity contribution in [1.29, 1.82) is 0 Å². The Kier molecular flexibility index (Phi) is 5.38. The minimum absolute atomic E-state index is 0.246. The van der Waals surface area contributed by atoms with Gasteiger partial charge in [0.05, 0.1) is 45.2 Å². The molecule has 2 aromatic heterocycles. The van der Waals surface area contributed by atoms with E-state index in [1.165, 1.54) is 6.08 Å². The fourth-order valence-corrected chi connectivity index (χ4v) is 2.49. The molecule has 1 N–H and O–H groups in total. The second kappa shape index (κ2) is 8.06. The summed E-state index contributed by atoms with van der Waals surface area (Å²) in [6.45, 7) is 0.487. The summed E-state index contributed by atoms with van der Waals surface area (Å²) in [4.78, 5) is 12.0. The molecule has 0 aliphatic carbocycles. The first kappa shape index (κ1) is 17.3. The quantitative estimate of drug-likeness (QED) is 0.660. The predicted octanol–water partition coefficient (Wildman–Crippen LogP) is 3.19. The van der Waals surface area contributed by atoms with Crippen molar-refractivity contribution in [2.24, 2.45) is 0 Å². The van der Waals surface area contributed by atoms with Crippen LogP contribution in [0.3, 0.4) is 0 Å². The number of furan rings is 1. The third kappa shape index (κ3) is 4.13. The van der Waals surface area contributed by atoms with Crippen molar-refractivity contribution in [1.82, 2.24) is 9.78 Å². The molecule has 1 amide bonds. The van der Waals surface area contributed by atoms with Crippen LogP contribution in [0.5, 0.6) is 11.5 Å². The van der Waals surface area contributed by atoms with Gasteiger partial charge in [-0.3, -0.25) is 9.48 Å². The van der Waals surface area contributed by atoms with Crippen LogP contribution >= 0.6 is 0 Å². The molecule has 0 radical (unpaired) electrons. The molecule has 0 unspecified atom stereocenters. The first-order valence-electron chi connectivity index (χ1n) is 7.93. The van der Waals surface area contributed by atoms with Gasteiger partial charge in [-0.2, -0.15) is 5.10 Å². The van der Waals surface area contributed by atoms with Gasteiger partial charge < -0.3 is 19.2 Å². The van der Waals surface area contributed by atoms with Crippen LogP contribution in [0.25, 0.3) is 6.08 Å². The lowest BCUT2D eigenvalue weighted by Gasteiger charge is -2.12.